The molecule has 3 rings (SSSR count). The zero-order chi connectivity index (χ0) is 20.2. The first kappa shape index (κ1) is 21.6. The van der Waals surface area contributed by atoms with Gasteiger partial charge in [-0.05, 0) is 37.0 Å². The molecule has 1 fully saturated rings. The number of hydrogen-bond acceptors (Lipinski definition) is 7. The molecule has 0 bridgehead atoms. The van der Waals surface area contributed by atoms with Crippen molar-refractivity contribution >= 4 is 38.8 Å². The fourth-order valence-corrected chi connectivity index (χ4v) is 6.06. The van der Waals surface area contributed by atoms with Gasteiger partial charge >= 0.3 is 0 Å². The van der Waals surface area contributed by atoms with Gasteiger partial charge in [0.1, 0.15) is 4.34 Å². The van der Waals surface area contributed by atoms with Crippen molar-refractivity contribution in [1.82, 2.24) is 4.98 Å². The quantitative estimate of drug-likeness (QED) is 0.433. The molecule has 1 saturated carbocycles. The molecular formula is C19H26N2O4S3. The first-order valence-corrected chi connectivity index (χ1v) is 13.0. The Labute approximate surface area is 174 Å². The topological polar surface area (TPSA) is 90.7 Å². The van der Waals surface area contributed by atoms with Crippen molar-refractivity contribution in [3.05, 3.63) is 41.4 Å². The number of thioether (sulfide) groups is 1. The number of benzene rings is 1. The molecule has 1 aliphatic carbocycles. The van der Waals surface area contributed by atoms with Gasteiger partial charge in [-0.1, -0.05) is 30.3 Å². The van der Waals surface area contributed by atoms with Crippen LogP contribution in [0.15, 0.2) is 40.2 Å². The Morgan fingerprint density at radius 3 is 2.54 bits per heavy atom. The summed E-state index contributed by atoms with van der Waals surface area (Å²) in [7, 11) is -3.40. The Bertz CT molecular complexity index is 844. The molecule has 0 amide bonds. The highest BCUT2D eigenvalue weighted by atomic mass is 32.2. The Morgan fingerprint density at radius 2 is 2.04 bits per heavy atom. The van der Waals surface area contributed by atoms with Crippen LogP contribution in [-0.4, -0.2) is 48.8 Å². The van der Waals surface area contributed by atoms with Gasteiger partial charge in [0, 0.05) is 29.3 Å². The van der Waals surface area contributed by atoms with E-state index in [1.165, 1.54) is 10.6 Å². The van der Waals surface area contributed by atoms with Crippen molar-refractivity contribution < 1.29 is 18.6 Å². The van der Waals surface area contributed by atoms with Gasteiger partial charge in [-0.2, -0.15) is 0 Å². The first-order chi connectivity index (χ1) is 13.4. The smallest absolute Gasteiger partial charge is 0.232 e. The van der Waals surface area contributed by atoms with Crippen LogP contribution in [-0.2, 0) is 10.0 Å². The molecule has 1 atom stereocenters. The van der Waals surface area contributed by atoms with Gasteiger partial charge in [0.2, 0.25) is 10.0 Å². The van der Waals surface area contributed by atoms with Gasteiger partial charge in [-0.3, -0.25) is 4.31 Å². The second-order valence-electron chi connectivity index (χ2n) is 7.20. The summed E-state index contributed by atoms with van der Waals surface area (Å²) >= 11 is 3.20. The second-order valence-corrected chi connectivity index (χ2v) is 11.3. The predicted molar refractivity (Wildman–Crippen MR) is 114 cm³/mol. The lowest BCUT2D eigenvalue weighted by molar-refractivity contribution is -0.0734. The van der Waals surface area contributed by atoms with E-state index in [0.717, 1.165) is 29.4 Å². The number of aromatic nitrogens is 1. The van der Waals surface area contributed by atoms with Gasteiger partial charge in [-0.25, -0.2) is 13.4 Å². The SMILES string of the molecule is CS(=O)(=O)N(CCCSc1nccs1)c1ccc(C(O)C2(CO)CCC2)cc1. The van der Waals surface area contributed by atoms with Crippen LogP contribution in [0.1, 0.15) is 37.4 Å². The van der Waals surface area contributed by atoms with Crippen LogP contribution in [0.3, 0.4) is 0 Å². The molecule has 1 heterocycles. The van der Waals surface area contributed by atoms with E-state index in [4.69, 9.17) is 0 Å². The Balaban J connectivity index is 1.65. The molecule has 0 radical (unpaired) electrons. The van der Waals surface area contributed by atoms with Crippen LogP contribution in [0.25, 0.3) is 0 Å². The maximum absolute atomic E-state index is 12.3. The summed E-state index contributed by atoms with van der Waals surface area (Å²) in [5, 5.41) is 22.2. The normalized spacial score (nSPS) is 17.1. The van der Waals surface area contributed by atoms with Crippen LogP contribution < -0.4 is 4.31 Å². The predicted octanol–water partition coefficient (Wildman–Crippen LogP) is 3.29. The Kier molecular flexibility index (Phi) is 7.03. The molecule has 1 unspecified atom stereocenters. The molecule has 2 N–H and O–H groups in total. The zero-order valence-corrected chi connectivity index (χ0v) is 18.3. The molecule has 0 aliphatic heterocycles. The van der Waals surface area contributed by atoms with Crippen molar-refractivity contribution in [2.75, 3.05) is 29.5 Å². The van der Waals surface area contributed by atoms with Gasteiger partial charge in [0.15, 0.2) is 0 Å². The van der Waals surface area contributed by atoms with Crippen molar-refractivity contribution in [1.29, 1.82) is 0 Å². The van der Waals surface area contributed by atoms with Gasteiger partial charge in [0.05, 0.1) is 24.7 Å². The number of hydrogen-bond donors (Lipinski definition) is 2. The van der Waals surface area contributed by atoms with E-state index in [2.05, 4.69) is 4.98 Å². The van der Waals surface area contributed by atoms with Crippen LogP contribution in [0.4, 0.5) is 5.69 Å². The minimum Gasteiger partial charge on any atom is -0.396 e. The molecule has 154 valence electrons. The number of sulfonamides is 1. The fourth-order valence-electron chi connectivity index (χ4n) is 3.46. The number of aliphatic hydroxyl groups is 2. The third-order valence-electron chi connectivity index (χ3n) is 5.28. The van der Waals surface area contributed by atoms with E-state index >= 15 is 0 Å². The third kappa shape index (κ3) is 4.88. The molecule has 1 aromatic heterocycles. The molecule has 9 heteroatoms. The van der Waals surface area contributed by atoms with Gasteiger partial charge in [0.25, 0.3) is 0 Å². The third-order valence-corrected chi connectivity index (χ3v) is 8.53. The van der Waals surface area contributed by atoms with Crippen molar-refractivity contribution in [3.8, 4) is 0 Å². The van der Waals surface area contributed by atoms with Crippen molar-refractivity contribution in [3.63, 3.8) is 0 Å². The van der Waals surface area contributed by atoms with Gasteiger partial charge in [-0.15, -0.1) is 11.3 Å². The van der Waals surface area contributed by atoms with E-state index in [-0.39, 0.29) is 6.61 Å². The monoisotopic (exact) mass is 442 g/mol. The summed E-state index contributed by atoms with van der Waals surface area (Å²) in [6.45, 7) is 0.349. The molecule has 0 saturated heterocycles. The van der Waals surface area contributed by atoms with E-state index in [1.54, 1.807) is 53.6 Å². The minimum absolute atomic E-state index is 0.0395. The number of nitrogens with zero attached hydrogens (tertiary/aromatic N) is 2. The molecule has 1 aliphatic rings. The highest BCUT2D eigenvalue weighted by Gasteiger charge is 2.43. The highest BCUT2D eigenvalue weighted by Crippen LogP contribution is 2.49. The highest BCUT2D eigenvalue weighted by molar-refractivity contribution is 8.01. The lowest BCUT2D eigenvalue weighted by atomic mass is 9.64. The van der Waals surface area contributed by atoms with E-state index < -0.39 is 21.5 Å². The minimum atomic E-state index is -3.40. The average Bonchev–Trinajstić information content (AvgIpc) is 3.14. The summed E-state index contributed by atoms with van der Waals surface area (Å²) in [5.74, 6) is 0.787. The van der Waals surface area contributed by atoms with Crippen LogP contribution >= 0.6 is 23.1 Å². The molecule has 1 aromatic carbocycles. The van der Waals surface area contributed by atoms with Crippen LogP contribution in [0.5, 0.6) is 0 Å². The molecule has 2 aromatic rings. The van der Waals surface area contributed by atoms with Gasteiger partial charge < -0.3 is 10.2 Å². The molecule has 28 heavy (non-hydrogen) atoms. The number of aliphatic hydroxyl groups excluding tert-OH is 2. The summed E-state index contributed by atoms with van der Waals surface area (Å²) in [4.78, 5) is 4.21. The Hall–Kier alpha value is -1.13. The summed E-state index contributed by atoms with van der Waals surface area (Å²) in [6.07, 6.45) is 5.56. The number of thiazole rings is 1. The van der Waals surface area contributed by atoms with Crippen molar-refractivity contribution in [2.45, 2.75) is 36.1 Å². The summed E-state index contributed by atoms with van der Waals surface area (Å²) in [6, 6.07) is 6.99. The summed E-state index contributed by atoms with van der Waals surface area (Å²) in [5.41, 5.74) is 0.847. The van der Waals surface area contributed by atoms with Crippen LogP contribution in [0.2, 0.25) is 0 Å². The number of anilines is 1. The fraction of sp³-hybridized carbons (Fsp3) is 0.526. The first-order valence-electron chi connectivity index (χ1n) is 9.25. The standard InChI is InChI=1S/C19H26N2O4S3/c1-28(24,25)21(11-3-12-26-18-20-10-13-27-18)16-6-4-15(5-7-16)17(23)19(14-22)8-2-9-19/h4-7,10,13,17,22-23H,2-3,8-9,11-12,14H2,1H3. The largest absolute Gasteiger partial charge is 0.396 e. The summed E-state index contributed by atoms with van der Waals surface area (Å²) < 4.78 is 26.9. The maximum atomic E-state index is 12.3. The Morgan fingerprint density at radius 1 is 1.32 bits per heavy atom. The average molecular weight is 443 g/mol. The van der Waals surface area contributed by atoms with E-state index in [1.807, 2.05) is 5.38 Å². The molecule has 6 nitrogen and oxygen atoms in total. The lowest BCUT2D eigenvalue weighted by Crippen LogP contribution is -2.39. The lowest BCUT2D eigenvalue weighted by Gasteiger charge is -2.44. The molecular weight excluding hydrogens is 416 g/mol. The molecule has 0 spiro atoms. The van der Waals surface area contributed by atoms with Crippen molar-refractivity contribution in [2.24, 2.45) is 5.41 Å². The van der Waals surface area contributed by atoms with Crippen LogP contribution in [0, 0.1) is 5.41 Å². The van der Waals surface area contributed by atoms with E-state index in [0.29, 0.717) is 24.2 Å². The van der Waals surface area contributed by atoms with E-state index in [9.17, 15) is 18.6 Å². The maximum Gasteiger partial charge on any atom is 0.232 e. The second kappa shape index (κ2) is 9.13. The zero-order valence-electron chi connectivity index (χ0n) is 15.8. The number of rotatable bonds is 10.